The second-order valence-corrected chi connectivity index (χ2v) is 6.40. The molecule has 1 aromatic carbocycles. The molecule has 0 saturated heterocycles. The van der Waals surface area contributed by atoms with Gasteiger partial charge in [-0.2, -0.15) is 0 Å². The molecule has 0 aromatic heterocycles. The molecule has 0 spiro atoms. The van der Waals surface area contributed by atoms with E-state index in [2.05, 4.69) is 6.92 Å². The van der Waals surface area contributed by atoms with Gasteiger partial charge in [-0.3, -0.25) is 0 Å². The minimum absolute atomic E-state index is 0.198. The minimum atomic E-state index is -0.396. The van der Waals surface area contributed by atoms with Gasteiger partial charge in [0, 0.05) is 5.02 Å². The van der Waals surface area contributed by atoms with Gasteiger partial charge in [0.25, 0.3) is 0 Å². The molecule has 0 radical (unpaired) electrons. The van der Waals surface area contributed by atoms with Gasteiger partial charge >= 0.3 is 0 Å². The highest BCUT2D eigenvalue weighted by molar-refractivity contribution is 6.30. The lowest BCUT2D eigenvalue weighted by Crippen LogP contribution is -2.37. The van der Waals surface area contributed by atoms with Crippen molar-refractivity contribution < 1.29 is 9.84 Å². The van der Waals surface area contributed by atoms with Crippen molar-refractivity contribution in [1.29, 1.82) is 0 Å². The zero-order valence-corrected chi connectivity index (χ0v) is 13.1. The van der Waals surface area contributed by atoms with Crippen molar-refractivity contribution in [3.05, 3.63) is 29.3 Å². The molecule has 2 nitrogen and oxygen atoms in total. The van der Waals surface area contributed by atoms with E-state index in [0.717, 1.165) is 24.5 Å². The number of benzene rings is 1. The Bertz CT molecular complexity index is 413. The summed E-state index contributed by atoms with van der Waals surface area (Å²) in [4.78, 5) is 0. The summed E-state index contributed by atoms with van der Waals surface area (Å²) in [7, 11) is 0. The lowest BCUT2D eigenvalue weighted by molar-refractivity contribution is -0.0100. The molecule has 3 heteroatoms. The van der Waals surface area contributed by atoms with Gasteiger partial charge in [0.1, 0.15) is 11.9 Å². The summed E-state index contributed by atoms with van der Waals surface area (Å²) in [5.41, 5.74) is 0. The van der Waals surface area contributed by atoms with Gasteiger partial charge in [0.05, 0.1) is 6.10 Å². The van der Waals surface area contributed by atoms with Crippen LogP contribution in [0.5, 0.6) is 5.75 Å². The second-order valence-electron chi connectivity index (χ2n) is 5.96. The molecule has 1 saturated carbocycles. The summed E-state index contributed by atoms with van der Waals surface area (Å²) in [5.74, 6) is 1.95. The van der Waals surface area contributed by atoms with E-state index in [1.54, 1.807) is 6.07 Å². The molecule has 0 bridgehead atoms. The lowest BCUT2D eigenvalue weighted by Gasteiger charge is -2.33. The Labute approximate surface area is 127 Å². The highest BCUT2D eigenvalue weighted by Gasteiger charge is 2.30. The quantitative estimate of drug-likeness (QED) is 0.854. The molecular formula is C17H25ClO2. The molecule has 1 aliphatic carbocycles. The molecule has 0 heterocycles. The zero-order valence-electron chi connectivity index (χ0n) is 12.4. The Hall–Kier alpha value is -0.730. The Morgan fingerprint density at radius 1 is 1.30 bits per heavy atom. The van der Waals surface area contributed by atoms with E-state index in [9.17, 15) is 5.11 Å². The van der Waals surface area contributed by atoms with Crippen LogP contribution in [0.3, 0.4) is 0 Å². The maximum atomic E-state index is 10.5. The van der Waals surface area contributed by atoms with Crippen molar-refractivity contribution in [2.45, 2.75) is 58.2 Å². The fourth-order valence-corrected chi connectivity index (χ4v) is 3.33. The summed E-state index contributed by atoms with van der Waals surface area (Å²) in [6, 6.07) is 7.35. The molecule has 0 aliphatic heterocycles. The van der Waals surface area contributed by atoms with E-state index in [1.165, 1.54) is 19.3 Å². The van der Waals surface area contributed by atoms with Crippen LogP contribution in [0.25, 0.3) is 0 Å². The van der Waals surface area contributed by atoms with Gasteiger partial charge in [-0.25, -0.2) is 0 Å². The molecule has 1 aromatic rings. The normalized spacial score (nSPS) is 26.0. The van der Waals surface area contributed by atoms with Gasteiger partial charge in [0.2, 0.25) is 0 Å². The van der Waals surface area contributed by atoms with E-state index >= 15 is 0 Å². The first-order valence-corrected chi connectivity index (χ1v) is 8.08. The van der Waals surface area contributed by atoms with Crippen molar-refractivity contribution in [3.8, 4) is 5.75 Å². The van der Waals surface area contributed by atoms with E-state index in [0.29, 0.717) is 10.9 Å². The summed E-state index contributed by atoms with van der Waals surface area (Å²) in [5, 5.41) is 11.1. The summed E-state index contributed by atoms with van der Waals surface area (Å²) < 4.78 is 5.83. The van der Waals surface area contributed by atoms with Crippen molar-refractivity contribution in [3.63, 3.8) is 0 Å². The molecule has 1 N–H and O–H groups in total. The number of hydrogen-bond donors (Lipinski definition) is 1. The molecule has 2 atom stereocenters. The average Bonchev–Trinajstić information content (AvgIpc) is 2.46. The third-order valence-corrected chi connectivity index (χ3v) is 4.79. The Morgan fingerprint density at radius 3 is 2.60 bits per heavy atom. The first kappa shape index (κ1) is 15.7. The minimum Gasteiger partial charge on any atom is -0.488 e. The highest BCUT2D eigenvalue weighted by atomic mass is 35.5. The Balaban J connectivity index is 1.87. The second kappa shape index (κ2) is 7.33. The maximum absolute atomic E-state index is 10.5. The van der Waals surface area contributed by atoms with Crippen LogP contribution in [0.4, 0.5) is 0 Å². The van der Waals surface area contributed by atoms with Gasteiger partial charge < -0.3 is 9.84 Å². The van der Waals surface area contributed by atoms with Crippen molar-refractivity contribution in [1.82, 2.24) is 0 Å². The van der Waals surface area contributed by atoms with Crippen LogP contribution >= 0.6 is 11.6 Å². The van der Waals surface area contributed by atoms with Crippen molar-refractivity contribution >= 4 is 11.6 Å². The third-order valence-electron chi connectivity index (χ3n) is 4.55. The summed E-state index contributed by atoms with van der Waals surface area (Å²) in [6.07, 6.45) is 5.37. The largest absolute Gasteiger partial charge is 0.488 e. The third kappa shape index (κ3) is 4.13. The van der Waals surface area contributed by atoms with Crippen LogP contribution in [-0.2, 0) is 0 Å². The van der Waals surface area contributed by atoms with Crippen LogP contribution in [0, 0.1) is 11.8 Å². The summed E-state index contributed by atoms with van der Waals surface area (Å²) >= 11 is 5.95. The fourth-order valence-electron chi connectivity index (χ4n) is 3.15. The lowest BCUT2D eigenvalue weighted by atomic mass is 9.77. The number of aliphatic hydroxyl groups excluding tert-OH is 1. The Kier molecular flexibility index (Phi) is 5.74. The maximum Gasteiger partial charge on any atom is 0.122 e. The zero-order chi connectivity index (χ0) is 14.5. The molecule has 2 rings (SSSR count). The highest BCUT2D eigenvalue weighted by Crippen LogP contribution is 2.34. The first-order chi connectivity index (χ1) is 9.60. The molecular weight excluding hydrogens is 272 g/mol. The number of aliphatic hydroxyl groups is 1. The smallest absolute Gasteiger partial charge is 0.122 e. The Morgan fingerprint density at radius 2 is 2.00 bits per heavy atom. The summed E-state index contributed by atoms with van der Waals surface area (Å²) in [6.45, 7) is 4.20. The van der Waals surface area contributed by atoms with Gasteiger partial charge in [-0.15, -0.1) is 0 Å². The predicted molar refractivity (Wildman–Crippen MR) is 83.3 cm³/mol. The molecule has 20 heavy (non-hydrogen) atoms. The average molecular weight is 297 g/mol. The number of hydrogen-bond acceptors (Lipinski definition) is 2. The van der Waals surface area contributed by atoms with Gasteiger partial charge in [-0.05, 0) is 49.8 Å². The molecule has 0 amide bonds. The molecule has 1 aliphatic rings. The first-order valence-electron chi connectivity index (χ1n) is 7.70. The van der Waals surface area contributed by atoms with E-state index < -0.39 is 6.10 Å². The SMILES string of the molecule is CCC1CCC(C(O)C(C)Oc2cccc(Cl)c2)CC1. The number of ether oxygens (including phenoxy) is 1. The van der Waals surface area contributed by atoms with Crippen LogP contribution in [-0.4, -0.2) is 17.3 Å². The number of rotatable bonds is 5. The molecule has 1 fully saturated rings. The van der Waals surface area contributed by atoms with Crippen LogP contribution in [0.1, 0.15) is 46.0 Å². The van der Waals surface area contributed by atoms with Crippen molar-refractivity contribution in [2.75, 3.05) is 0 Å². The van der Waals surface area contributed by atoms with Crippen LogP contribution in [0.15, 0.2) is 24.3 Å². The van der Waals surface area contributed by atoms with Gasteiger partial charge in [-0.1, -0.05) is 43.9 Å². The molecule has 112 valence electrons. The predicted octanol–water partition coefficient (Wildman–Crippen LogP) is 4.68. The van der Waals surface area contributed by atoms with Crippen LogP contribution in [0.2, 0.25) is 5.02 Å². The number of halogens is 1. The van der Waals surface area contributed by atoms with Crippen molar-refractivity contribution in [2.24, 2.45) is 11.8 Å². The van der Waals surface area contributed by atoms with E-state index in [4.69, 9.17) is 16.3 Å². The topological polar surface area (TPSA) is 29.5 Å². The standard InChI is InChI=1S/C17H25ClO2/c1-3-13-7-9-14(10-8-13)17(19)12(2)20-16-6-4-5-15(18)11-16/h4-6,11-14,17,19H,3,7-10H2,1-2H3. The van der Waals surface area contributed by atoms with E-state index in [1.807, 2.05) is 25.1 Å². The molecule has 2 unspecified atom stereocenters. The fraction of sp³-hybridized carbons (Fsp3) is 0.647. The van der Waals surface area contributed by atoms with Gasteiger partial charge in [0.15, 0.2) is 0 Å². The van der Waals surface area contributed by atoms with Crippen LogP contribution < -0.4 is 4.74 Å². The van der Waals surface area contributed by atoms with E-state index in [-0.39, 0.29) is 6.10 Å². The monoisotopic (exact) mass is 296 g/mol.